The first-order valence-electron chi connectivity index (χ1n) is 10.1. The number of nitrogens with zero attached hydrogens (tertiary/aromatic N) is 2. The molecule has 0 saturated heterocycles. The number of ether oxygens (including phenoxy) is 3. The Morgan fingerprint density at radius 1 is 1.12 bits per heavy atom. The van der Waals surface area contributed by atoms with Gasteiger partial charge in [0.15, 0.2) is 0 Å². The summed E-state index contributed by atoms with van der Waals surface area (Å²) in [6.45, 7) is 6.37. The number of aryl methyl sites for hydroxylation is 1. The molecule has 0 bridgehead atoms. The lowest BCUT2D eigenvalue weighted by Crippen LogP contribution is -2.28. The lowest BCUT2D eigenvalue weighted by molar-refractivity contribution is -0.136. The summed E-state index contributed by atoms with van der Waals surface area (Å²) in [6.07, 6.45) is 1.74. The molecule has 0 spiro atoms. The van der Waals surface area contributed by atoms with Crippen molar-refractivity contribution in [3.63, 3.8) is 0 Å². The molecule has 0 N–H and O–H groups in total. The third-order valence-electron chi connectivity index (χ3n) is 5.58. The van der Waals surface area contributed by atoms with Crippen molar-refractivity contribution in [3.05, 3.63) is 63.1 Å². The van der Waals surface area contributed by atoms with E-state index in [-0.39, 0.29) is 11.5 Å². The number of allylic oxidation sites excluding steroid dienone is 1. The monoisotopic (exact) mass is 458 g/mol. The molecule has 1 aromatic carbocycles. The summed E-state index contributed by atoms with van der Waals surface area (Å²) in [5.74, 6) is -0.203. The smallest absolute Gasteiger partial charge is 0.340 e. The van der Waals surface area contributed by atoms with E-state index in [1.165, 1.54) is 7.11 Å². The fourth-order valence-electron chi connectivity index (χ4n) is 3.96. The van der Waals surface area contributed by atoms with E-state index in [1.807, 2.05) is 42.7 Å². The fraction of sp³-hybridized carbons (Fsp3) is 0.333. The third kappa shape index (κ3) is 4.18. The van der Waals surface area contributed by atoms with E-state index in [2.05, 4.69) is 0 Å². The molecule has 1 aliphatic heterocycles. The van der Waals surface area contributed by atoms with Crippen LogP contribution in [0.3, 0.4) is 0 Å². The molecule has 32 heavy (non-hydrogen) atoms. The number of esters is 1. The van der Waals surface area contributed by atoms with Crippen LogP contribution in [-0.2, 0) is 19.1 Å². The molecule has 0 saturated carbocycles. The van der Waals surface area contributed by atoms with E-state index in [0.717, 1.165) is 22.6 Å². The van der Waals surface area contributed by atoms with Crippen LogP contribution in [0.25, 0.3) is 11.8 Å². The zero-order valence-electron chi connectivity index (χ0n) is 19.1. The highest BCUT2D eigenvalue weighted by atomic mass is 35.5. The van der Waals surface area contributed by atoms with E-state index < -0.39 is 5.97 Å². The van der Waals surface area contributed by atoms with Crippen LogP contribution in [0.15, 0.2) is 41.1 Å². The summed E-state index contributed by atoms with van der Waals surface area (Å²) in [5.41, 5.74) is 4.68. The molecule has 1 aliphatic rings. The number of amides is 1. The van der Waals surface area contributed by atoms with Gasteiger partial charge in [-0.15, -0.1) is 0 Å². The predicted octanol–water partition coefficient (Wildman–Crippen LogP) is 4.08. The van der Waals surface area contributed by atoms with Crippen molar-refractivity contribution >= 4 is 29.6 Å². The van der Waals surface area contributed by atoms with Gasteiger partial charge in [-0.3, -0.25) is 4.79 Å². The maximum absolute atomic E-state index is 13.2. The SMILES string of the molecule is COCCN1C(=O)/C(=C\c2cc(C)n(-c3ccc(OC)c(Cl)c3)c2C)C(C(=O)OC)=C1C. The van der Waals surface area contributed by atoms with Gasteiger partial charge in [-0.05, 0) is 56.7 Å². The highest BCUT2D eigenvalue weighted by Gasteiger charge is 2.37. The number of hydrogen-bond donors (Lipinski definition) is 0. The van der Waals surface area contributed by atoms with Gasteiger partial charge in [0.2, 0.25) is 0 Å². The first-order valence-corrected chi connectivity index (χ1v) is 10.5. The lowest BCUT2D eigenvalue weighted by atomic mass is 10.0. The Morgan fingerprint density at radius 3 is 2.44 bits per heavy atom. The zero-order chi connectivity index (χ0) is 23.6. The normalized spacial score (nSPS) is 15.2. The van der Waals surface area contributed by atoms with Gasteiger partial charge in [0.1, 0.15) is 5.75 Å². The summed E-state index contributed by atoms with van der Waals surface area (Å²) >= 11 is 6.32. The average molecular weight is 459 g/mol. The van der Waals surface area contributed by atoms with Gasteiger partial charge in [-0.1, -0.05) is 11.6 Å². The second kappa shape index (κ2) is 9.63. The topological polar surface area (TPSA) is 70.0 Å². The van der Waals surface area contributed by atoms with Gasteiger partial charge >= 0.3 is 5.97 Å². The Labute approximate surface area is 192 Å². The summed E-state index contributed by atoms with van der Waals surface area (Å²) in [6, 6.07) is 7.52. The second-order valence-corrected chi connectivity index (χ2v) is 7.85. The Bertz CT molecular complexity index is 1130. The number of aromatic nitrogens is 1. The molecule has 0 radical (unpaired) electrons. The number of methoxy groups -OCH3 is 3. The molecule has 8 heteroatoms. The van der Waals surface area contributed by atoms with Crippen LogP contribution in [0, 0.1) is 13.8 Å². The summed E-state index contributed by atoms with van der Waals surface area (Å²) in [5, 5.41) is 0.503. The molecule has 2 heterocycles. The van der Waals surface area contributed by atoms with Gasteiger partial charge in [-0.25, -0.2) is 4.79 Å². The van der Waals surface area contributed by atoms with Crippen LogP contribution in [0.4, 0.5) is 0 Å². The van der Waals surface area contributed by atoms with E-state index in [1.54, 1.807) is 32.1 Å². The van der Waals surface area contributed by atoms with E-state index >= 15 is 0 Å². The van der Waals surface area contributed by atoms with Crippen molar-refractivity contribution in [2.75, 3.05) is 34.5 Å². The van der Waals surface area contributed by atoms with Gasteiger partial charge < -0.3 is 23.7 Å². The zero-order valence-corrected chi connectivity index (χ0v) is 19.9. The minimum absolute atomic E-state index is 0.253. The van der Waals surface area contributed by atoms with Crippen molar-refractivity contribution < 1.29 is 23.8 Å². The number of benzene rings is 1. The number of carbonyl (C=O) groups excluding carboxylic acids is 2. The Morgan fingerprint density at radius 2 is 1.84 bits per heavy atom. The van der Waals surface area contributed by atoms with E-state index in [0.29, 0.717) is 35.2 Å². The summed E-state index contributed by atoms with van der Waals surface area (Å²) < 4.78 is 17.4. The van der Waals surface area contributed by atoms with Crippen molar-refractivity contribution in [2.45, 2.75) is 20.8 Å². The van der Waals surface area contributed by atoms with Crippen molar-refractivity contribution in [1.29, 1.82) is 0 Å². The Kier molecular flexibility index (Phi) is 7.11. The van der Waals surface area contributed by atoms with Gasteiger partial charge in [0.25, 0.3) is 5.91 Å². The van der Waals surface area contributed by atoms with Gasteiger partial charge in [0, 0.05) is 36.4 Å². The van der Waals surface area contributed by atoms with Crippen LogP contribution in [0.2, 0.25) is 5.02 Å². The van der Waals surface area contributed by atoms with Gasteiger partial charge in [-0.2, -0.15) is 0 Å². The van der Waals surface area contributed by atoms with Crippen LogP contribution in [-0.4, -0.2) is 55.8 Å². The fourth-order valence-corrected chi connectivity index (χ4v) is 4.21. The number of halogens is 1. The second-order valence-electron chi connectivity index (χ2n) is 7.44. The first-order chi connectivity index (χ1) is 15.2. The largest absolute Gasteiger partial charge is 0.495 e. The van der Waals surface area contributed by atoms with Crippen LogP contribution >= 0.6 is 11.6 Å². The van der Waals surface area contributed by atoms with Crippen LogP contribution in [0.1, 0.15) is 23.9 Å². The molecule has 2 aromatic rings. The highest BCUT2D eigenvalue weighted by Crippen LogP contribution is 2.34. The van der Waals surface area contributed by atoms with E-state index in [4.69, 9.17) is 25.8 Å². The van der Waals surface area contributed by atoms with Crippen molar-refractivity contribution in [3.8, 4) is 11.4 Å². The molecule has 0 atom stereocenters. The molecule has 7 nitrogen and oxygen atoms in total. The first kappa shape index (κ1) is 23.6. The number of carbonyl (C=O) groups is 2. The maximum Gasteiger partial charge on any atom is 0.340 e. The quantitative estimate of drug-likeness (QED) is 0.462. The molecule has 0 aliphatic carbocycles. The molecule has 0 fully saturated rings. The lowest BCUT2D eigenvalue weighted by Gasteiger charge is -2.16. The Hall–Kier alpha value is -3.03. The molecule has 0 unspecified atom stereocenters. The minimum Gasteiger partial charge on any atom is -0.495 e. The van der Waals surface area contributed by atoms with Crippen LogP contribution in [0.5, 0.6) is 5.75 Å². The molecule has 3 rings (SSSR count). The van der Waals surface area contributed by atoms with Crippen molar-refractivity contribution in [2.24, 2.45) is 0 Å². The standard InChI is InChI=1S/C24H27ClN2O5/c1-14-11-17(15(2)27(14)18-7-8-21(31-5)20(25)13-18)12-19-22(24(29)32-6)16(3)26(23(19)28)9-10-30-4/h7-8,11-13H,9-10H2,1-6H3/b19-12-. The summed E-state index contributed by atoms with van der Waals surface area (Å²) in [7, 11) is 4.44. The van der Waals surface area contributed by atoms with E-state index in [9.17, 15) is 9.59 Å². The van der Waals surface area contributed by atoms with Crippen LogP contribution < -0.4 is 4.74 Å². The highest BCUT2D eigenvalue weighted by molar-refractivity contribution is 6.32. The molecule has 1 amide bonds. The van der Waals surface area contributed by atoms with Crippen molar-refractivity contribution in [1.82, 2.24) is 9.47 Å². The number of rotatable bonds is 7. The van der Waals surface area contributed by atoms with Gasteiger partial charge in [0.05, 0.1) is 37.0 Å². The molecular formula is C24H27ClN2O5. The average Bonchev–Trinajstić information content (AvgIpc) is 3.17. The third-order valence-corrected chi connectivity index (χ3v) is 5.88. The predicted molar refractivity (Wildman–Crippen MR) is 123 cm³/mol. The molecular weight excluding hydrogens is 432 g/mol. The Balaban J connectivity index is 2.09. The molecule has 1 aromatic heterocycles. The maximum atomic E-state index is 13.2. The molecule has 170 valence electrons. The summed E-state index contributed by atoms with van der Waals surface area (Å²) in [4.78, 5) is 27.2. The number of hydrogen-bond acceptors (Lipinski definition) is 5. The minimum atomic E-state index is -0.544.